The Bertz CT molecular complexity index is 889. The van der Waals surface area contributed by atoms with Crippen LogP contribution in [0.3, 0.4) is 0 Å². The van der Waals surface area contributed by atoms with Gasteiger partial charge in [0.25, 0.3) is 0 Å². The van der Waals surface area contributed by atoms with E-state index in [0.29, 0.717) is 25.8 Å². The quantitative estimate of drug-likeness (QED) is 0.372. The summed E-state index contributed by atoms with van der Waals surface area (Å²) in [5, 5.41) is 5.71. The van der Waals surface area contributed by atoms with Crippen LogP contribution in [0.5, 0.6) is 0 Å². The van der Waals surface area contributed by atoms with Crippen LogP contribution in [0, 0.1) is 0 Å². The van der Waals surface area contributed by atoms with Gasteiger partial charge in [-0.2, -0.15) is 0 Å². The number of alkyl carbamates (subject to hydrolysis) is 1. The van der Waals surface area contributed by atoms with Gasteiger partial charge in [0.05, 0.1) is 0 Å². The molecule has 1 aromatic carbocycles. The van der Waals surface area contributed by atoms with E-state index in [1.807, 2.05) is 51.1 Å². The first kappa shape index (κ1) is 29.4. The highest BCUT2D eigenvalue weighted by atomic mass is 16.6. The van der Waals surface area contributed by atoms with E-state index < -0.39 is 23.3 Å². The molecule has 0 bridgehead atoms. The van der Waals surface area contributed by atoms with Crippen LogP contribution in [0.25, 0.3) is 0 Å². The second kappa shape index (κ2) is 12.9. The van der Waals surface area contributed by atoms with E-state index in [0.717, 1.165) is 18.5 Å². The highest BCUT2D eigenvalue weighted by Crippen LogP contribution is 2.24. The first-order valence-corrected chi connectivity index (χ1v) is 12.7. The lowest BCUT2D eigenvalue weighted by atomic mass is 10.0. The van der Waals surface area contributed by atoms with Crippen LogP contribution in [0.4, 0.5) is 4.79 Å². The molecule has 2 N–H and O–H groups in total. The molecule has 36 heavy (non-hydrogen) atoms. The molecule has 1 aliphatic rings. The van der Waals surface area contributed by atoms with Crippen molar-refractivity contribution in [2.45, 2.75) is 96.6 Å². The van der Waals surface area contributed by atoms with E-state index in [1.165, 1.54) is 0 Å². The Hall–Kier alpha value is -2.87. The van der Waals surface area contributed by atoms with Crippen LogP contribution in [0.15, 0.2) is 43.0 Å². The monoisotopic (exact) mass is 501 g/mol. The lowest BCUT2D eigenvalue weighted by molar-refractivity contribution is -0.161. The van der Waals surface area contributed by atoms with Gasteiger partial charge in [-0.1, -0.05) is 36.4 Å². The average molecular weight is 502 g/mol. The van der Waals surface area contributed by atoms with Crippen molar-refractivity contribution >= 4 is 18.0 Å². The van der Waals surface area contributed by atoms with Gasteiger partial charge in [-0.3, -0.25) is 14.5 Å². The minimum Gasteiger partial charge on any atom is -0.459 e. The molecule has 0 spiro atoms. The van der Waals surface area contributed by atoms with E-state index in [1.54, 1.807) is 26.8 Å². The Morgan fingerprint density at radius 2 is 1.72 bits per heavy atom. The first-order valence-electron chi connectivity index (χ1n) is 12.7. The number of hydrogen-bond acceptors (Lipinski definition) is 6. The third-order valence-electron chi connectivity index (χ3n) is 5.68. The Morgan fingerprint density at radius 1 is 1.08 bits per heavy atom. The van der Waals surface area contributed by atoms with E-state index >= 15 is 0 Å². The fourth-order valence-corrected chi connectivity index (χ4v) is 4.23. The number of rotatable bonds is 10. The zero-order chi connectivity index (χ0) is 26.9. The molecule has 0 unspecified atom stereocenters. The molecule has 8 nitrogen and oxygen atoms in total. The molecule has 8 heteroatoms. The molecular formula is C28H43N3O5. The predicted molar refractivity (Wildman–Crippen MR) is 140 cm³/mol. The minimum absolute atomic E-state index is 0.120. The maximum absolute atomic E-state index is 13.3. The van der Waals surface area contributed by atoms with Crippen LogP contribution < -0.4 is 10.6 Å². The normalized spacial score (nSPS) is 18.1. The van der Waals surface area contributed by atoms with Crippen molar-refractivity contribution in [1.82, 2.24) is 15.5 Å². The Balaban J connectivity index is 2.11. The summed E-state index contributed by atoms with van der Waals surface area (Å²) in [4.78, 5) is 40.6. The molecular weight excluding hydrogens is 458 g/mol. The number of carbonyl (C=O) groups excluding carboxylic acids is 3. The summed E-state index contributed by atoms with van der Waals surface area (Å²) in [7, 11) is 0. The number of carbonyl (C=O) groups is 3. The van der Waals surface area contributed by atoms with Crippen LogP contribution in [0.2, 0.25) is 0 Å². The Morgan fingerprint density at radius 3 is 2.31 bits per heavy atom. The highest BCUT2D eigenvalue weighted by molar-refractivity contribution is 5.86. The predicted octanol–water partition coefficient (Wildman–Crippen LogP) is 3.99. The van der Waals surface area contributed by atoms with Crippen LogP contribution in [-0.2, 0) is 25.5 Å². The van der Waals surface area contributed by atoms with Crippen molar-refractivity contribution in [3.05, 3.63) is 48.6 Å². The molecule has 200 valence electrons. The molecule has 1 aliphatic heterocycles. The number of amides is 2. The van der Waals surface area contributed by atoms with Crippen molar-refractivity contribution < 1.29 is 23.9 Å². The summed E-state index contributed by atoms with van der Waals surface area (Å²) in [5.41, 5.74) is -0.328. The number of nitrogens with zero attached hydrogens (tertiary/aromatic N) is 1. The van der Waals surface area contributed by atoms with Crippen molar-refractivity contribution in [3.63, 3.8) is 0 Å². The Labute approximate surface area is 215 Å². The van der Waals surface area contributed by atoms with E-state index in [2.05, 4.69) is 22.1 Å². The van der Waals surface area contributed by atoms with Crippen LogP contribution in [0.1, 0.15) is 66.4 Å². The SMILES string of the molecule is C=CC[C@H](CNC(=O)[C@H](Cc1ccccc1)NC(=O)OC(C)(C)C)N1CCC[C@H]1C(=O)OC(C)(C)C. The molecule has 1 fully saturated rings. The topological polar surface area (TPSA) is 97.0 Å². The molecule has 1 aromatic rings. The third-order valence-corrected chi connectivity index (χ3v) is 5.68. The van der Waals surface area contributed by atoms with Gasteiger partial charge in [0, 0.05) is 19.0 Å². The first-order chi connectivity index (χ1) is 16.8. The number of likely N-dealkylation sites (tertiary alicyclic amines) is 1. The second-order valence-corrected chi connectivity index (χ2v) is 11.2. The summed E-state index contributed by atoms with van der Waals surface area (Å²) >= 11 is 0. The van der Waals surface area contributed by atoms with Gasteiger partial charge in [-0.05, 0) is 72.9 Å². The smallest absolute Gasteiger partial charge is 0.408 e. The summed E-state index contributed by atoms with van der Waals surface area (Å²) in [6.07, 6.45) is 3.66. The van der Waals surface area contributed by atoms with Gasteiger partial charge in [-0.25, -0.2) is 4.79 Å². The minimum atomic E-state index is -0.813. The molecule has 0 radical (unpaired) electrons. The third kappa shape index (κ3) is 10.0. The van der Waals surface area contributed by atoms with Gasteiger partial charge in [0.15, 0.2) is 0 Å². The lowest BCUT2D eigenvalue weighted by Crippen LogP contribution is -2.53. The van der Waals surface area contributed by atoms with Crippen molar-refractivity contribution in [2.75, 3.05) is 13.1 Å². The number of ether oxygens (including phenoxy) is 2. The van der Waals surface area contributed by atoms with E-state index in [-0.39, 0.29) is 24.0 Å². The second-order valence-electron chi connectivity index (χ2n) is 11.2. The number of benzene rings is 1. The van der Waals surface area contributed by atoms with Crippen LogP contribution >= 0.6 is 0 Å². The number of nitrogens with one attached hydrogen (secondary N) is 2. The average Bonchev–Trinajstić information content (AvgIpc) is 3.24. The molecule has 2 amide bonds. The van der Waals surface area contributed by atoms with Gasteiger partial charge >= 0.3 is 12.1 Å². The summed E-state index contributed by atoms with van der Waals surface area (Å²) in [5.74, 6) is -0.555. The van der Waals surface area contributed by atoms with Gasteiger partial charge < -0.3 is 20.1 Å². The maximum atomic E-state index is 13.3. The molecule has 1 heterocycles. The molecule has 3 atom stereocenters. The van der Waals surface area contributed by atoms with E-state index in [9.17, 15) is 14.4 Å². The van der Waals surface area contributed by atoms with Gasteiger partial charge in [0.2, 0.25) is 5.91 Å². The van der Waals surface area contributed by atoms with Gasteiger partial charge in [0.1, 0.15) is 23.3 Å². The van der Waals surface area contributed by atoms with Crippen molar-refractivity contribution in [3.8, 4) is 0 Å². The maximum Gasteiger partial charge on any atom is 0.408 e. The molecule has 1 saturated heterocycles. The summed E-state index contributed by atoms with van der Waals surface area (Å²) < 4.78 is 11.0. The van der Waals surface area contributed by atoms with Crippen molar-refractivity contribution in [2.24, 2.45) is 0 Å². The lowest BCUT2D eigenvalue weighted by Gasteiger charge is -2.33. The standard InChI is InChI=1S/C28H43N3O5/c1-8-13-21(31-17-12-16-23(31)25(33)35-27(2,3)4)19-29-24(32)22(18-20-14-10-9-11-15-20)30-26(34)36-28(5,6)7/h8-11,14-15,21-23H,1,12-13,16-19H2,2-7H3,(H,29,32)(H,30,34)/t21-,22+,23+/m1/s1. The number of esters is 1. The van der Waals surface area contributed by atoms with Crippen LogP contribution in [-0.4, -0.2) is 65.3 Å². The summed E-state index contributed by atoms with van der Waals surface area (Å²) in [6.45, 7) is 15.8. The fourth-order valence-electron chi connectivity index (χ4n) is 4.23. The molecule has 0 aromatic heterocycles. The molecule has 0 aliphatic carbocycles. The van der Waals surface area contributed by atoms with E-state index in [4.69, 9.17) is 9.47 Å². The van der Waals surface area contributed by atoms with Crippen molar-refractivity contribution in [1.29, 1.82) is 0 Å². The zero-order valence-corrected chi connectivity index (χ0v) is 22.6. The molecule has 2 rings (SSSR count). The summed E-state index contributed by atoms with van der Waals surface area (Å²) in [6, 6.07) is 8.21. The van der Waals surface area contributed by atoms with Gasteiger partial charge in [-0.15, -0.1) is 6.58 Å². The number of hydrogen-bond donors (Lipinski definition) is 2. The molecule has 0 saturated carbocycles. The largest absolute Gasteiger partial charge is 0.459 e. The zero-order valence-electron chi connectivity index (χ0n) is 22.6. The Kier molecular flexibility index (Phi) is 10.5. The highest BCUT2D eigenvalue weighted by Gasteiger charge is 2.38. The fraction of sp³-hybridized carbons (Fsp3) is 0.607.